The average molecular weight is 268 g/mol. The Labute approximate surface area is 112 Å². The molecule has 2 aromatic rings. The van der Waals surface area contributed by atoms with E-state index in [-0.39, 0.29) is 6.04 Å². The fourth-order valence-corrected chi connectivity index (χ4v) is 2.37. The maximum absolute atomic E-state index is 6.24. The van der Waals surface area contributed by atoms with Crippen molar-refractivity contribution in [3.05, 3.63) is 33.9 Å². The third-order valence-corrected chi connectivity index (χ3v) is 3.84. The van der Waals surface area contributed by atoms with Crippen LogP contribution >= 0.6 is 11.6 Å². The summed E-state index contributed by atoms with van der Waals surface area (Å²) in [7, 11) is 3.74. The molecular formula is C12H18ClN5. The van der Waals surface area contributed by atoms with Gasteiger partial charge in [-0.05, 0) is 20.3 Å². The number of hydrogen-bond acceptors (Lipinski definition) is 3. The van der Waals surface area contributed by atoms with Crippen molar-refractivity contribution in [2.45, 2.75) is 26.3 Å². The Morgan fingerprint density at radius 2 is 2.00 bits per heavy atom. The molecule has 2 heterocycles. The summed E-state index contributed by atoms with van der Waals surface area (Å²) in [5.74, 6) is 0. The molecule has 6 heteroatoms. The smallest absolute Gasteiger partial charge is 0.130 e. The van der Waals surface area contributed by atoms with Crippen molar-refractivity contribution in [1.29, 1.82) is 0 Å². The second kappa shape index (κ2) is 4.74. The minimum absolute atomic E-state index is 0.112. The van der Waals surface area contributed by atoms with Crippen molar-refractivity contribution in [2.24, 2.45) is 19.8 Å². The van der Waals surface area contributed by atoms with Gasteiger partial charge in [-0.3, -0.25) is 9.36 Å². The van der Waals surface area contributed by atoms with E-state index in [0.29, 0.717) is 11.6 Å². The molecule has 0 aliphatic heterocycles. The van der Waals surface area contributed by atoms with E-state index < -0.39 is 0 Å². The van der Waals surface area contributed by atoms with Crippen LogP contribution in [0.4, 0.5) is 0 Å². The molecule has 98 valence electrons. The topological polar surface area (TPSA) is 61.7 Å². The van der Waals surface area contributed by atoms with E-state index in [2.05, 4.69) is 10.2 Å². The van der Waals surface area contributed by atoms with Crippen molar-refractivity contribution in [3.8, 4) is 0 Å². The van der Waals surface area contributed by atoms with E-state index in [0.717, 1.165) is 22.5 Å². The molecule has 0 spiro atoms. The second-order valence-corrected chi connectivity index (χ2v) is 4.96. The Balaban J connectivity index is 2.26. The summed E-state index contributed by atoms with van der Waals surface area (Å²) < 4.78 is 3.50. The van der Waals surface area contributed by atoms with Gasteiger partial charge in [0.25, 0.3) is 0 Å². The van der Waals surface area contributed by atoms with Crippen LogP contribution in [0.2, 0.25) is 5.15 Å². The first kappa shape index (κ1) is 13.1. The van der Waals surface area contributed by atoms with Crippen molar-refractivity contribution < 1.29 is 0 Å². The molecule has 0 aromatic carbocycles. The Kier molecular flexibility index (Phi) is 3.45. The Morgan fingerprint density at radius 1 is 1.33 bits per heavy atom. The summed E-state index contributed by atoms with van der Waals surface area (Å²) in [6.07, 6.45) is 2.49. The summed E-state index contributed by atoms with van der Waals surface area (Å²) in [5, 5.41) is 9.16. The zero-order chi connectivity index (χ0) is 13.4. The average Bonchev–Trinajstić information content (AvgIpc) is 2.75. The molecular weight excluding hydrogens is 250 g/mol. The summed E-state index contributed by atoms with van der Waals surface area (Å²) in [6.45, 7) is 3.96. The van der Waals surface area contributed by atoms with Crippen LogP contribution in [0.15, 0.2) is 6.20 Å². The van der Waals surface area contributed by atoms with Gasteiger partial charge in [-0.15, -0.1) is 0 Å². The molecule has 0 saturated carbocycles. The van der Waals surface area contributed by atoms with Crippen LogP contribution < -0.4 is 5.73 Å². The SMILES string of the molecule is Cc1nn(C)c(Cl)c1CC(N)c1cnn(C)c1C. The molecule has 2 N–H and O–H groups in total. The summed E-state index contributed by atoms with van der Waals surface area (Å²) >= 11 is 6.21. The van der Waals surface area contributed by atoms with E-state index in [4.69, 9.17) is 17.3 Å². The van der Waals surface area contributed by atoms with Gasteiger partial charge in [-0.2, -0.15) is 10.2 Å². The van der Waals surface area contributed by atoms with E-state index in [1.165, 1.54) is 0 Å². The molecule has 5 nitrogen and oxygen atoms in total. The molecule has 2 rings (SSSR count). The standard InChI is InChI=1S/C12H18ClN5/c1-7-9(12(13)18(4)16-7)5-11(14)10-6-15-17(3)8(10)2/h6,11H,5,14H2,1-4H3. The first-order chi connectivity index (χ1) is 8.41. The van der Waals surface area contributed by atoms with E-state index in [1.807, 2.05) is 38.8 Å². The van der Waals surface area contributed by atoms with Gasteiger partial charge in [0, 0.05) is 37.0 Å². The lowest BCUT2D eigenvalue weighted by molar-refractivity contribution is 0.698. The van der Waals surface area contributed by atoms with Gasteiger partial charge in [0.1, 0.15) is 5.15 Å². The normalized spacial score (nSPS) is 13.0. The Hall–Kier alpha value is -1.33. The van der Waals surface area contributed by atoms with Gasteiger partial charge in [0.05, 0.1) is 11.9 Å². The molecule has 0 fully saturated rings. The highest BCUT2D eigenvalue weighted by atomic mass is 35.5. The first-order valence-electron chi connectivity index (χ1n) is 5.83. The van der Waals surface area contributed by atoms with E-state index in [9.17, 15) is 0 Å². The van der Waals surface area contributed by atoms with Gasteiger partial charge in [-0.1, -0.05) is 11.6 Å². The van der Waals surface area contributed by atoms with Crippen LogP contribution in [-0.4, -0.2) is 19.6 Å². The van der Waals surface area contributed by atoms with Gasteiger partial charge in [0.2, 0.25) is 0 Å². The Bertz CT molecular complexity index is 569. The third-order valence-electron chi connectivity index (χ3n) is 3.37. The lowest BCUT2D eigenvalue weighted by Crippen LogP contribution is -2.14. The van der Waals surface area contributed by atoms with Crippen LogP contribution in [0.3, 0.4) is 0 Å². The van der Waals surface area contributed by atoms with Crippen molar-refractivity contribution in [2.75, 3.05) is 0 Å². The van der Waals surface area contributed by atoms with Crippen molar-refractivity contribution in [3.63, 3.8) is 0 Å². The molecule has 0 radical (unpaired) electrons. The van der Waals surface area contributed by atoms with Gasteiger partial charge in [-0.25, -0.2) is 0 Å². The largest absolute Gasteiger partial charge is 0.324 e. The quantitative estimate of drug-likeness (QED) is 0.920. The highest BCUT2D eigenvalue weighted by Crippen LogP contribution is 2.25. The zero-order valence-electron chi connectivity index (χ0n) is 11.1. The zero-order valence-corrected chi connectivity index (χ0v) is 11.9. The maximum atomic E-state index is 6.24. The molecule has 0 aliphatic rings. The van der Waals surface area contributed by atoms with E-state index in [1.54, 1.807) is 4.68 Å². The number of hydrogen-bond donors (Lipinski definition) is 1. The minimum atomic E-state index is -0.112. The fraction of sp³-hybridized carbons (Fsp3) is 0.500. The predicted octanol–water partition coefficient (Wildman–Crippen LogP) is 1.67. The van der Waals surface area contributed by atoms with Crippen LogP contribution in [-0.2, 0) is 20.5 Å². The van der Waals surface area contributed by atoms with Gasteiger partial charge in [0.15, 0.2) is 0 Å². The number of nitrogens with zero attached hydrogens (tertiary/aromatic N) is 4. The third kappa shape index (κ3) is 2.15. The van der Waals surface area contributed by atoms with E-state index >= 15 is 0 Å². The lowest BCUT2D eigenvalue weighted by Gasteiger charge is -2.11. The summed E-state index contributed by atoms with van der Waals surface area (Å²) in [6, 6.07) is -0.112. The number of aromatic nitrogens is 4. The van der Waals surface area contributed by atoms with Gasteiger partial charge < -0.3 is 5.73 Å². The number of halogens is 1. The molecule has 18 heavy (non-hydrogen) atoms. The number of rotatable bonds is 3. The number of aryl methyl sites for hydroxylation is 3. The first-order valence-corrected chi connectivity index (χ1v) is 6.21. The monoisotopic (exact) mass is 267 g/mol. The second-order valence-electron chi connectivity index (χ2n) is 4.60. The fourth-order valence-electron chi connectivity index (χ4n) is 2.12. The number of nitrogens with two attached hydrogens (primary N) is 1. The molecule has 0 amide bonds. The van der Waals surface area contributed by atoms with Crippen LogP contribution in [0, 0.1) is 13.8 Å². The van der Waals surface area contributed by atoms with Crippen LogP contribution in [0.1, 0.15) is 28.6 Å². The minimum Gasteiger partial charge on any atom is -0.324 e. The maximum Gasteiger partial charge on any atom is 0.130 e. The molecule has 0 aliphatic carbocycles. The Morgan fingerprint density at radius 3 is 2.44 bits per heavy atom. The molecule has 2 aromatic heterocycles. The van der Waals surface area contributed by atoms with Crippen molar-refractivity contribution >= 4 is 11.6 Å². The molecule has 0 saturated heterocycles. The van der Waals surface area contributed by atoms with Crippen LogP contribution in [0.25, 0.3) is 0 Å². The molecule has 1 unspecified atom stereocenters. The van der Waals surface area contributed by atoms with Crippen molar-refractivity contribution in [1.82, 2.24) is 19.6 Å². The van der Waals surface area contributed by atoms with Crippen LogP contribution in [0.5, 0.6) is 0 Å². The summed E-state index contributed by atoms with van der Waals surface area (Å²) in [4.78, 5) is 0. The highest BCUT2D eigenvalue weighted by Gasteiger charge is 2.18. The highest BCUT2D eigenvalue weighted by molar-refractivity contribution is 6.30. The lowest BCUT2D eigenvalue weighted by atomic mass is 10.0. The molecule has 0 bridgehead atoms. The van der Waals surface area contributed by atoms with Gasteiger partial charge >= 0.3 is 0 Å². The predicted molar refractivity (Wildman–Crippen MR) is 71.5 cm³/mol. The summed E-state index contributed by atoms with van der Waals surface area (Å²) in [5.41, 5.74) is 10.3. The molecule has 1 atom stereocenters.